The molecule has 12 heavy (non-hydrogen) atoms. The largest absolute Gasteiger partial charge is 0.354 e. The summed E-state index contributed by atoms with van der Waals surface area (Å²) in [5, 5.41) is 2.63. The number of carbonyl (C=O) groups excluding carboxylic acids is 1. The van der Waals surface area contributed by atoms with Crippen LogP contribution in [0.1, 0.15) is 33.3 Å². The Morgan fingerprint density at radius 1 is 1.58 bits per heavy atom. The Bertz CT molecular complexity index is 301. The van der Waals surface area contributed by atoms with Crippen LogP contribution < -0.4 is 5.32 Å². The molecular weight excluding hydrogens is 170 g/mol. The summed E-state index contributed by atoms with van der Waals surface area (Å²) in [6.07, 6.45) is 2.60. The lowest BCUT2D eigenvalue weighted by Crippen LogP contribution is -2.15. The highest BCUT2D eigenvalue weighted by molar-refractivity contribution is 7.14. The van der Waals surface area contributed by atoms with Crippen molar-refractivity contribution in [1.29, 1.82) is 0 Å². The van der Waals surface area contributed by atoms with Crippen molar-refractivity contribution in [3.05, 3.63) is 21.9 Å². The molecule has 2 nitrogen and oxygen atoms in total. The molecule has 1 amide bonds. The van der Waals surface area contributed by atoms with E-state index >= 15 is 0 Å². The zero-order chi connectivity index (χ0) is 8.55. The molecule has 2 rings (SSSR count). The van der Waals surface area contributed by atoms with Gasteiger partial charge in [-0.05, 0) is 30.9 Å². The molecule has 0 unspecified atom stereocenters. The smallest absolute Gasteiger partial charge is 0.261 e. The molecule has 0 saturated heterocycles. The van der Waals surface area contributed by atoms with Crippen molar-refractivity contribution in [1.82, 2.24) is 5.32 Å². The fraction of sp³-hybridized carbons (Fsp3) is 0.444. The van der Waals surface area contributed by atoms with E-state index in [4.69, 9.17) is 0 Å². The highest BCUT2D eigenvalue weighted by Crippen LogP contribution is 2.43. The molecule has 1 aliphatic rings. The Labute approximate surface area is 75.6 Å². The molecule has 0 aromatic carbocycles. The Balaban J connectivity index is 2.17. The van der Waals surface area contributed by atoms with Crippen molar-refractivity contribution in [2.45, 2.75) is 18.8 Å². The van der Waals surface area contributed by atoms with Gasteiger partial charge in [-0.1, -0.05) is 0 Å². The highest BCUT2D eigenvalue weighted by Gasteiger charge is 2.25. The third kappa shape index (κ3) is 1.37. The van der Waals surface area contributed by atoms with Gasteiger partial charge in [-0.15, -0.1) is 11.3 Å². The molecule has 1 N–H and O–H groups in total. The van der Waals surface area contributed by atoms with Gasteiger partial charge in [0.2, 0.25) is 0 Å². The molecule has 0 spiro atoms. The van der Waals surface area contributed by atoms with Gasteiger partial charge in [0.25, 0.3) is 5.91 Å². The lowest BCUT2D eigenvalue weighted by Gasteiger charge is -1.92. The van der Waals surface area contributed by atoms with E-state index < -0.39 is 0 Å². The second-order valence-corrected chi connectivity index (χ2v) is 4.17. The fourth-order valence-corrected chi connectivity index (χ4v) is 2.31. The van der Waals surface area contributed by atoms with Crippen molar-refractivity contribution < 1.29 is 4.79 Å². The van der Waals surface area contributed by atoms with E-state index in [2.05, 4.69) is 11.4 Å². The molecule has 1 aliphatic carbocycles. The van der Waals surface area contributed by atoms with Gasteiger partial charge in [0.15, 0.2) is 0 Å². The van der Waals surface area contributed by atoms with Crippen LogP contribution in [0.2, 0.25) is 0 Å². The van der Waals surface area contributed by atoms with Crippen LogP contribution in [0, 0.1) is 0 Å². The summed E-state index contributed by atoms with van der Waals surface area (Å²) in [5.74, 6) is 0.792. The standard InChI is InChI=1S/C9H11NOS/c1-10-9(11)8-5-4-7(12-8)6-2-3-6/h4-6H,2-3H2,1H3,(H,10,11). The summed E-state index contributed by atoms with van der Waals surface area (Å²) in [5.41, 5.74) is 0. The van der Waals surface area contributed by atoms with Crippen LogP contribution in [0.4, 0.5) is 0 Å². The predicted octanol–water partition coefficient (Wildman–Crippen LogP) is 1.99. The highest BCUT2D eigenvalue weighted by atomic mass is 32.1. The van der Waals surface area contributed by atoms with E-state index in [0.717, 1.165) is 10.8 Å². The first-order valence-corrected chi connectivity index (χ1v) is 4.94. The molecule has 0 bridgehead atoms. The zero-order valence-electron chi connectivity index (χ0n) is 6.96. The number of hydrogen-bond donors (Lipinski definition) is 1. The number of thiophene rings is 1. The molecular formula is C9H11NOS. The maximum Gasteiger partial charge on any atom is 0.261 e. The zero-order valence-corrected chi connectivity index (χ0v) is 7.78. The topological polar surface area (TPSA) is 29.1 Å². The van der Waals surface area contributed by atoms with Crippen molar-refractivity contribution in [3.8, 4) is 0 Å². The maximum atomic E-state index is 11.2. The third-order valence-electron chi connectivity index (χ3n) is 2.06. The first-order chi connectivity index (χ1) is 5.81. The quantitative estimate of drug-likeness (QED) is 0.742. The fourth-order valence-electron chi connectivity index (χ4n) is 1.19. The molecule has 1 saturated carbocycles. The molecule has 0 atom stereocenters. The van der Waals surface area contributed by atoms with Crippen LogP contribution in [0.25, 0.3) is 0 Å². The Morgan fingerprint density at radius 2 is 2.33 bits per heavy atom. The minimum Gasteiger partial charge on any atom is -0.354 e. The molecule has 1 aromatic heterocycles. The van der Waals surface area contributed by atoms with E-state index in [1.165, 1.54) is 17.7 Å². The third-order valence-corrected chi connectivity index (χ3v) is 3.30. The number of nitrogens with one attached hydrogen (secondary N) is 1. The first kappa shape index (κ1) is 7.80. The van der Waals surface area contributed by atoms with Gasteiger partial charge in [0.1, 0.15) is 0 Å². The number of hydrogen-bond acceptors (Lipinski definition) is 2. The average Bonchev–Trinajstić information content (AvgIpc) is 2.83. The van der Waals surface area contributed by atoms with Gasteiger partial charge in [0, 0.05) is 11.9 Å². The van der Waals surface area contributed by atoms with Gasteiger partial charge in [-0.3, -0.25) is 4.79 Å². The summed E-state index contributed by atoms with van der Waals surface area (Å²) >= 11 is 1.62. The molecule has 1 aromatic rings. The van der Waals surface area contributed by atoms with Gasteiger partial charge in [-0.2, -0.15) is 0 Å². The minimum atomic E-state index is 0.0342. The number of carbonyl (C=O) groups is 1. The number of amides is 1. The SMILES string of the molecule is CNC(=O)c1ccc(C2CC2)s1. The normalized spacial score (nSPS) is 16.1. The van der Waals surface area contributed by atoms with Gasteiger partial charge in [-0.25, -0.2) is 0 Å². The van der Waals surface area contributed by atoms with Crippen LogP contribution >= 0.6 is 11.3 Å². The molecule has 0 aliphatic heterocycles. The van der Waals surface area contributed by atoms with Gasteiger partial charge >= 0.3 is 0 Å². The number of rotatable bonds is 2. The van der Waals surface area contributed by atoms with Crippen molar-refractivity contribution >= 4 is 17.2 Å². The maximum absolute atomic E-state index is 11.2. The summed E-state index contributed by atoms with van der Waals surface area (Å²) in [7, 11) is 1.67. The lowest BCUT2D eigenvalue weighted by molar-refractivity contribution is 0.0967. The van der Waals surface area contributed by atoms with Crippen LogP contribution in [0.3, 0.4) is 0 Å². The molecule has 1 heterocycles. The Kier molecular flexibility index (Phi) is 1.89. The van der Waals surface area contributed by atoms with Crippen molar-refractivity contribution in [3.63, 3.8) is 0 Å². The average molecular weight is 181 g/mol. The van der Waals surface area contributed by atoms with Crippen LogP contribution in [0.5, 0.6) is 0 Å². The summed E-state index contributed by atoms with van der Waals surface area (Å²) in [4.78, 5) is 13.4. The van der Waals surface area contributed by atoms with Crippen LogP contribution in [-0.4, -0.2) is 13.0 Å². The van der Waals surface area contributed by atoms with Crippen LogP contribution in [-0.2, 0) is 0 Å². The van der Waals surface area contributed by atoms with E-state index in [1.54, 1.807) is 18.4 Å². The monoisotopic (exact) mass is 181 g/mol. The lowest BCUT2D eigenvalue weighted by atomic mass is 10.3. The summed E-state index contributed by atoms with van der Waals surface area (Å²) < 4.78 is 0. The van der Waals surface area contributed by atoms with Crippen molar-refractivity contribution in [2.75, 3.05) is 7.05 Å². The van der Waals surface area contributed by atoms with Crippen molar-refractivity contribution in [2.24, 2.45) is 0 Å². The Hall–Kier alpha value is -0.830. The summed E-state index contributed by atoms with van der Waals surface area (Å²) in [6.45, 7) is 0. The van der Waals surface area contributed by atoms with Crippen LogP contribution in [0.15, 0.2) is 12.1 Å². The van der Waals surface area contributed by atoms with E-state index in [1.807, 2.05) is 6.07 Å². The molecule has 0 radical (unpaired) electrons. The van der Waals surface area contributed by atoms with Gasteiger partial charge in [0.05, 0.1) is 4.88 Å². The van der Waals surface area contributed by atoms with Gasteiger partial charge < -0.3 is 5.32 Å². The van der Waals surface area contributed by atoms with E-state index in [-0.39, 0.29) is 5.91 Å². The first-order valence-electron chi connectivity index (χ1n) is 4.13. The Morgan fingerprint density at radius 3 is 2.92 bits per heavy atom. The minimum absolute atomic E-state index is 0.0342. The second kappa shape index (κ2) is 2.90. The molecule has 64 valence electrons. The van der Waals surface area contributed by atoms with E-state index in [9.17, 15) is 4.79 Å². The van der Waals surface area contributed by atoms with E-state index in [0.29, 0.717) is 0 Å². The summed E-state index contributed by atoms with van der Waals surface area (Å²) in [6, 6.07) is 3.99. The molecule has 3 heteroatoms. The predicted molar refractivity (Wildman–Crippen MR) is 49.7 cm³/mol. The second-order valence-electron chi connectivity index (χ2n) is 3.06. The molecule has 1 fully saturated rings.